The standard InChI is InChI=1S/C17H20O4/c1-12(21-14-7-5-4-6-8-14)17(18)13-9-10-15(19-2)16(11-13)20-3/h4-12,17-18H,1-3H3. The fourth-order valence-electron chi connectivity index (χ4n) is 2.09. The molecule has 0 aromatic heterocycles. The average molecular weight is 288 g/mol. The molecule has 2 rings (SSSR count). The molecule has 0 heterocycles. The quantitative estimate of drug-likeness (QED) is 0.886. The van der Waals surface area contributed by atoms with E-state index in [-0.39, 0.29) is 6.10 Å². The molecule has 0 saturated heterocycles. The molecule has 2 unspecified atom stereocenters. The van der Waals surface area contributed by atoms with Gasteiger partial charge in [-0.15, -0.1) is 0 Å². The summed E-state index contributed by atoms with van der Waals surface area (Å²) in [7, 11) is 3.15. The Bertz CT molecular complexity index is 568. The molecule has 0 saturated carbocycles. The molecule has 0 bridgehead atoms. The first-order valence-corrected chi connectivity index (χ1v) is 6.77. The first kappa shape index (κ1) is 15.2. The lowest BCUT2D eigenvalue weighted by Crippen LogP contribution is -2.21. The highest BCUT2D eigenvalue weighted by Crippen LogP contribution is 2.31. The van der Waals surface area contributed by atoms with Gasteiger partial charge < -0.3 is 19.3 Å². The summed E-state index contributed by atoms with van der Waals surface area (Å²) in [5, 5.41) is 10.4. The number of methoxy groups -OCH3 is 2. The van der Waals surface area contributed by atoms with Crippen molar-refractivity contribution in [3.63, 3.8) is 0 Å². The fourth-order valence-corrected chi connectivity index (χ4v) is 2.09. The van der Waals surface area contributed by atoms with Gasteiger partial charge in [0.25, 0.3) is 0 Å². The van der Waals surface area contributed by atoms with Crippen molar-refractivity contribution in [3.05, 3.63) is 54.1 Å². The molecule has 2 atom stereocenters. The van der Waals surface area contributed by atoms with E-state index in [0.717, 1.165) is 11.3 Å². The van der Waals surface area contributed by atoms with E-state index in [1.807, 2.05) is 37.3 Å². The number of hydrogen-bond acceptors (Lipinski definition) is 4. The van der Waals surface area contributed by atoms with Gasteiger partial charge in [0.05, 0.1) is 14.2 Å². The summed E-state index contributed by atoms with van der Waals surface area (Å²) < 4.78 is 16.2. The Morgan fingerprint density at radius 3 is 2.19 bits per heavy atom. The van der Waals surface area contributed by atoms with Gasteiger partial charge >= 0.3 is 0 Å². The minimum absolute atomic E-state index is 0.384. The van der Waals surface area contributed by atoms with Gasteiger partial charge in [-0.05, 0) is 36.8 Å². The lowest BCUT2D eigenvalue weighted by Gasteiger charge is -2.21. The topological polar surface area (TPSA) is 47.9 Å². The Balaban J connectivity index is 2.13. The summed E-state index contributed by atoms with van der Waals surface area (Å²) in [6, 6.07) is 14.8. The van der Waals surface area contributed by atoms with Crippen LogP contribution in [-0.4, -0.2) is 25.4 Å². The van der Waals surface area contributed by atoms with E-state index in [1.165, 1.54) is 0 Å². The Kier molecular flexibility index (Phi) is 5.06. The van der Waals surface area contributed by atoms with Gasteiger partial charge in [-0.3, -0.25) is 0 Å². The Morgan fingerprint density at radius 2 is 1.57 bits per heavy atom. The van der Waals surface area contributed by atoms with E-state index in [9.17, 15) is 5.11 Å². The van der Waals surface area contributed by atoms with Gasteiger partial charge in [0.1, 0.15) is 18.0 Å². The van der Waals surface area contributed by atoms with E-state index >= 15 is 0 Å². The highest BCUT2D eigenvalue weighted by Gasteiger charge is 2.19. The van der Waals surface area contributed by atoms with Crippen molar-refractivity contribution in [1.29, 1.82) is 0 Å². The monoisotopic (exact) mass is 288 g/mol. The van der Waals surface area contributed by atoms with Crippen molar-refractivity contribution in [2.75, 3.05) is 14.2 Å². The van der Waals surface area contributed by atoms with Crippen molar-refractivity contribution in [2.24, 2.45) is 0 Å². The minimum atomic E-state index is -0.759. The predicted octanol–water partition coefficient (Wildman–Crippen LogP) is 3.20. The molecule has 0 fully saturated rings. The van der Waals surface area contributed by atoms with Crippen LogP contribution in [0.5, 0.6) is 17.2 Å². The van der Waals surface area contributed by atoms with E-state index < -0.39 is 6.10 Å². The SMILES string of the molecule is COc1ccc(C(O)C(C)Oc2ccccc2)cc1OC. The van der Waals surface area contributed by atoms with Crippen molar-refractivity contribution >= 4 is 0 Å². The Hall–Kier alpha value is -2.20. The zero-order chi connectivity index (χ0) is 15.2. The summed E-state index contributed by atoms with van der Waals surface area (Å²) in [6.07, 6.45) is -1.14. The lowest BCUT2D eigenvalue weighted by atomic mass is 10.0. The molecule has 2 aromatic rings. The van der Waals surface area contributed by atoms with Crippen LogP contribution in [0.1, 0.15) is 18.6 Å². The zero-order valence-electron chi connectivity index (χ0n) is 12.4. The number of aliphatic hydroxyl groups is 1. The van der Waals surface area contributed by atoms with Crippen LogP contribution in [0.3, 0.4) is 0 Å². The molecule has 0 aliphatic heterocycles. The average Bonchev–Trinajstić information content (AvgIpc) is 2.54. The molecule has 1 N–H and O–H groups in total. The van der Waals surface area contributed by atoms with Crippen LogP contribution in [0.15, 0.2) is 48.5 Å². The molecule has 0 amide bonds. The summed E-state index contributed by atoms with van der Waals surface area (Å²) >= 11 is 0. The predicted molar refractivity (Wildman–Crippen MR) is 81.0 cm³/mol. The fraction of sp³-hybridized carbons (Fsp3) is 0.294. The van der Waals surface area contributed by atoms with Gasteiger partial charge in [0.15, 0.2) is 11.5 Å². The number of para-hydroxylation sites is 1. The third-order valence-corrected chi connectivity index (χ3v) is 3.26. The molecule has 0 radical (unpaired) electrons. The largest absolute Gasteiger partial charge is 0.493 e. The van der Waals surface area contributed by atoms with Crippen LogP contribution in [0.4, 0.5) is 0 Å². The maximum atomic E-state index is 10.4. The summed E-state index contributed by atoms with van der Waals surface area (Å²) in [4.78, 5) is 0. The van der Waals surface area contributed by atoms with Crippen molar-refractivity contribution in [2.45, 2.75) is 19.1 Å². The number of ether oxygens (including phenoxy) is 3. The molecule has 21 heavy (non-hydrogen) atoms. The van der Waals surface area contributed by atoms with Crippen LogP contribution in [0.2, 0.25) is 0 Å². The number of benzene rings is 2. The van der Waals surface area contributed by atoms with Gasteiger partial charge in [0.2, 0.25) is 0 Å². The van der Waals surface area contributed by atoms with E-state index in [4.69, 9.17) is 14.2 Å². The molecular formula is C17H20O4. The van der Waals surface area contributed by atoms with Gasteiger partial charge in [0, 0.05) is 0 Å². The third-order valence-electron chi connectivity index (χ3n) is 3.26. The van der Waals surface area contributed by atoms with E-state index in [2.05, 4.69) is 0 Å². The smallest absolute Gasteiger partial charge is 0.161 e. The van der Waals surface area contributed by atoms with Crippen LogP contribution < -0.4 is 14.2 Å². The van der Waals surface area contributed by atoms with E-state index in [0.29, 0.717) is 11.5 Å². The maximum absolute atomic E-state index is 10.4. The Labute approximate surface area is 124 Å². The number of aliphatic hydroxyl groups excluding tert-OH is 1. The lowest BCUT2D eigenvalue weighted by molar-refractivity contribution is 0.0466. The molecule has 4 nitrogen and oxygen atoms in total. The van der Waals surface area contributed by atoms with Gasteiger partial charge in [-0.2, -0.15) is 0 Å². The molecule has 112 valence electrons. The highest BCUT2D eigenvalue weighted by molar-refractivity contribution is 5.43. The first-order chi connectivity index (χ1) is 10.2. The second-order valence-electron chi connectivity index (χ2n) is 4.70. The van der Waals surface area contributed by atoms with Crippen LogP contribution in [0, 0.1) is 0 Å². The number of rotatable bonds is 6. The van der Waals surface area contributed by atoms with Crippen molar-refractivity contribution in [1.82, 2.24) is 0 Å². The third kappa shape index (κ3) is 3.67. The van der Waals surface area contributed by atoms with Gasteiger partial charge in [-0.1, -0.05) is 24.3 Å². The molecular weight excluding hydrogens is 268 g/mol. The van der Waals surface area contributed by atoms with Crippen molar-refractivity contribution in [3.8, 4) is 17.2 Å². The van der Waals surface area contributed by atoms with Gasteiger partial charge in [-0.25, -0.2) is 0 Å². The highest BCUT2D eigenvalue weighted by atomic mass is 16.5. The van der Waals surface area contributed by atoms with Crippen LogP contribution in [-0.2, 0) is 0 Å². The molecule has 0 aliphatic rings. The summed E-state index contributed by atoms with van der Waals surface area (Å²) in [5.41, 5.74) is 0.719. The summed E-state index contributed by atoms with van der Waals surface area (Å²) in [5.74, 6) is 1.94. The first-order valence-electron chi connectivity index (χ1n) is 6.77. The molecule has 2 aromatic carbocycles. The van der Waals surface area contributed by atoms with E-state index in [1.54, 1.807) is 32.4 Å². The second kappa shape index (κ2) is 6.99. The molecule has 0 spiro atoms. The normalized spacial score (nSPS) is 13.3. The van der Waals surface area contributed by atoms with Crippen LogP contribution in [0.25, 0.3) is 0 Å². The zero-order valence-corrected chi connectivity index (χ0v) is 12.4. The van der Waals surface area contributed by atoms with Crippen molar-refractivity contribution < 1.29 is 19.3 Å². The molecule has 0 aliphatic carbocycles. The number of hydrogen-bond donors (Lipinski definition) is 1. The summed E-state index contributed by atoms with van der Waals surface area (Å²) in [6.45, 7) is 1.83. The Morgan fingerprint density at radius 1 is 0.905 bits per heavy atom. The second-order valence-corrected chi connectivity index (χ2v) is 4.70. The molecule has 4 heteroatoms. The minimum Gasteiger partial charge on any atom is -0.493 e. The maximum Gasteiger partial charge on any atom is 0.161 e. The van der Waals surface area contributed by atoms with Crippen LogP contribution >= 0.6 is 0 Å².